The van der Waals surface area contributed by atoms with Crippen molar-refractivity contribution in [2.24, 2.45) is 0 Å². The van der Waals surface area contributed by atoms with Crippen LogP contribution in [-0.2, 0) is 49.7 Å². The minimum atomic E-state index is -3.03. The van der Waals surface area contributed by atoms with Gasteiger partial charge in [-0.15, -0.1) is 0 Å². The van der Waals surface area contributed by atoms with Crippen molar-refractivity contribution in [2.45, 2.75) is 0 Å². The van der Waals surface area contributed by atoms with Gasteiger partial charge in [0.05, 0.1) is 0 Å². The van der Waals surface area contributed by atoms with Crippen molar-refractivity contribution in [3.8, 4) is 0 Å². The molecule has 0 fully saturated rings. The van der Waals surface area contributed by atoms with Crippen LogP contribution >= 0.6 is 7.60 Å². The van der Waals surface area contributed by atoms with Gasteiger partial charge >= 0.3 is 92.9 Å². The summed E-state index contributed by atoms with van der Waals surface area (Å²) in [6.07, 6.45) is 0. The van der Waals surface area contributed by atoms with E-state index in [9.17, 15) is 4.57 Å². The molecule has 0 unspecified atom stereocenters. The molecule has 1 rings (SSSR count). The molecule has 6 heteroatoms. The molecule has 0 amide bonds. The third kappa shape index (κ3) is 2.33. The summed E-state index contributed by atoms with van der Waals surface area (Å²) in [5, 5.41) is 0.579. The van der Waals surface area contributed by atoms with E-state index in [-0.39, 0.29) is 0 Å². The third-order valence-corrected chi connectivity index (χ3v) is 5.94. The van der Waals surface area contributed by atoms with Gasteiger partial charge in [-0.1, -0.05) is 0 Å². The summed E-state index contributed by atoms with van der Waals surface area (Å²) in [5.41, 5.74) is 0. The summed E-state index contributed by atoms with van der Waals surface area (Å²) in [6.45, 7) is 0. The van der Waals surface area contributed by atoms with Crippen molar-refractivity contribution >= 4 is 12.9 Å². The first-order valence-electron chi connectivity index (χ1n) is 2.95. The zero-order valence-corrected chi connectivity index (χ0v) is 11.4. The topological polar surface area (TPSA) is 35.5 Å². The van der Waals surface area contributed by atoms with Crippen LogP contribution in [-0.4, -0.2) is 0 Å². The second-order valence-electron chi connectivity index (χ2n) is 1.95. The first-order chi connectivity index (χ1) is 5.73. The maximum absolute atomic E-state index is 11.7. The van der Waals surface area contributed by atoms with Crippen LogP contribution in [0.25, 0.3) is 0 Å². The van der Waals surface area contributed by atoms with Crippen LogP contribution < -0.4 is 5.30 Å². The number of rotatable bonds is 3. The summed E-state index contributed by atoms with van der Waals surface area (Å²) >= 11 is 2.74. The molecule has 0 saturated carbocycles. The fraction of sp³-hybridized carbons (Fsp3) is 0. The van der Waals surface area contributed by atoms with E-state index >= 15 is 0 Å². The van der Waals surface area contributed by atoms with Gasteiger partial charge in [-0.3, -0.25) is 0 Å². The van der Waals surface area contributed by atoms with Crippen molar-refractivity contribution in [3.63, 3.8) is 0 Å². The first-order valence-corrected chi connectivity index (χ1v) is 6.45. The Morgan fingerprint density at radius 3 is 2.00 bits per heavy atom. The van der Waals surface area contributed by atoms with E-state index < -0.39 is 7.60 Å². The van der Waals surface area contributed by atoms with Crippen LogP contribution in [0.5, 0.6) is 0 Å². The summed E-state index contributed by atoms with van der Waals surface area (Å²) in [7, 11) is -3.03. The molecule has 0 bridgehead atoms. The van der Waals surface area contributed by atoms with Crippen molar-refractivity contribution in [1.82, 2.24) is 0 Å². The maximum atomic E-state index is 11.7. The molecule has 0 N–H and O–H groups in total. The summed E-state index contributed by atoms with van der Waals surface area (Å²) in [6, 6.07) is 8.86. The normalized spacial score (nSPS) is 11.7. The van der Waals surface area contributed by atoms with Crippen LogP contribution in [0, 0.1) is 0 Å². The molecule has 0 spiro atoms. The predicted octanol–water partition coefficient (Wildman–Crippen LogP) is 1.46. The van der Waals surface area contributed by atoms with Gasteiger partial charge in [-0.05, 0) is 0 Å². The minimum absolute atomic E-state index is 0.579. The van der Waals surface area contributed by atoms with E-state index in [1.54, 1.807) is 24.3 Å². The molecule has 0 aliphatic heterocycles. The van der Waals surface area contributed by atoms with Crippen molar-refractivity contribution < 1.29 is 49.7 Å². The molecule has 0 heterocycles. The van der Waals surface area contributed by atoms with Gasteiger partial charge in [0.1, 0.15) is 0 Å². The number of hydrogen-bond donors (Lipinski definition) is 0. The SMILES string of the molecule is O=P([O][Ir])([O][Ir])c1ccccc1. The van der Waals surface area contributed by atoms with Crippen molar-refractivity contribution in [2.75, 3.05) is 0 Å². The second-order valence-corrected chi connectivity index (χ2v) is 6.33. The molecule has 0 aromatic heterocycles. The Morgan fingerprint density at radius 1 is 1.08 bits per heavy atom. The van der Waals surface area contributed by atoms with Gasteiger partial charge in [-0.25, -0.2) is 0 Å². The molecule has 0 aliphatic carbocycles. The van der Waals surface area contributed by atoms with E-state index in [2.05, 4.69) is 0 Å². The zero-order valence-electron chi connectivity index (χ0n) is 5.73. The van der Waals surface area contributed by atoms with E-state index in [0.29, 0.717) is 5.30 Å². The van der Waals surface area contributed by atoms with E-state index in [4.69, 9.17) is 6.56 Å². The van der Waals surface area contributed by atoms with Crippen molar-refractivity contribution in [3.05, 3.63) is 30.3 Å². The Labute approximate surface area is 92.5 Å². The Balaban J connectivity index is 3.04. The Bertz CT molecular complexity index is 282. The molecule has 1 aromatic rings. The Morgan fingerprint density at radius 2 is 1.58 bits per heavy atom. The average molecular weight is 541 g/mol. The van der Waals surface area contributed by atoms with Gasteiger partial charge in [0.15, 0.2) is 0 Å². The van der Waals surface area contributed by atoms with Crippen LogP contribution in [0.3, 0.4) is 0 Å². The van der Waals surface area contributed by atoms with Crippen molar-refractivity contribution in [1.29, 1.82) is 0 Å². The second kappa shape index (κ2) is 4.78. The molecule has 0 saturated heterocycles. The molecule has 12 heavy (non-hydrogen) atoms. The fourth-order valence-corrected chi connectivity index (χ4v) is 4.54. The molecule has 0 radical (unpaired) electrons. The number of hydrogen-bond acceptors (Lipinski definition) is 3. The zero-order chi connectivity index (χ0) is 9.03. The molecule has 0 aliphatic rings. The van der Waals surface area contributed by atoms with Gasteiger partial charge < -0.3 is 0 Å². The fourth-order valence-electron chi connectivity index (χ4n) is 0.689. The summed E-state index contributed by atoms with van der Waals surface area (Å²) in [5.74, 6) is 0. The van der Waals surface area contributed by atoms with Gasteiger partial charge in [0.2, 0.25) is 0 Å². The Hall–Kier alpha value is 0.669. The average Bonchev–Trinajstić information content (AvgIpc) is 2.18. The van der Waals surface area contributed by atoms with Gasteiger partial charge in [0, 0.05) is 0 Å². The summed E-state index contributed by atoms with van der Waals surface area (Å²) in [4.78, 5) is 0. The molecular weight excluding hydrogens is 535 g/mol. The van der Waals surface area contributed by atoms with Crippen LogP contribution in [0.4, 0.5) is 0 Å². The molecule has 0 atom stereocenters. The molecular formula is C6H5Ir2O3P. The van der Waals surface area contributed by atoms with E-state index in [1.807, 2.05) is 6.07 Å². The summed E-state index contributed by atoms with van der Waals surface area (Å²) < 4.78 is 21.3. The van der Waals surface area contributed by atoms with E-state index in [0.717, 1.165) is 0 Å². The van der Waals surface area contributed by atoms with Crippen LogP contribution in [0.15, 0.2) is 30.3 Å². The van der Waals surface area contributed by atoms with Gasteiger partial charge in [-0.2, -0.15) is 0 Å². The third-order valence-electron chi connectivity index (χ3n) is 1.23. The molecule has 70 valence electrons. The molecule has 3 nitrogen and oxygen atoms in total. The number of benzene rings is 1. The quantitative estimate of drug-likeness (QED) is 0.545. The first kappa shape index (κ1) is 10.7. The predicted molar refractivity (Wildman–Crippen MR) is 35.9 cm³/mol. The monoisotopic (exact) mass is 542 g/mol. The van der Waals surface area contributed by atoms with Crippen LogP contribution in [0.1, 0.15) is 0 Å². The standard InChI is InChI=1S/C6H7O3P.2Ir/c7-10(8,9)6-4-2-1-3-5-6;;/h1-5H,(H2,7,8,9);;/q;2*+1/p-2. The molecule has 1 aromatic carbocycles. The van der Waals surface area contributed by atoms with Crippen LogP contribution in [0.2, 0.25) is 0 Å². The van der Waals surface area contributed by atoms with E-state index in [1.165, 1.54) is 38.5 Å². The Kier molecular flexibility index (Phi) is 4.28. The van der Waals surface area contributed by atoms with Gasteiger partial charge in [0.25, 0.3) is 0 Å².